The lowest BCUT2D eigenvalue weighted by Gasteiger charge is -2.34. The molecule has 2 aromatic rings. The summed E-state index contributed by atoms with van der Waals surface area (Å²) < 4.78 is 14.6. The zero-order valence-electron chi connectivity index (χ0n) is 17.4. The Kier molecular flexibility index (Phi) is 8.21. The molecule has 162 valence electrons. The molecule has 0 heterocycles. The van der Waals surface area contributed by atoms with Crippen LogP contribution in [-0.2, 0) is 20.3 Å². The maximum Gasteiger partial charge on any atom is 0.326 e. The van der Waals surface area contributed by atoms with Gasteiger partial charge in [-0.3, -0.25) is 14.0 Å². The normalized spacial score (nSPS) is 15.1. The lowest BCUT2D eigenvalue weighted by molar-refractivity contribution is -0.142. The summed E-state index contributed by atoms with van der Waals surface area (Å²) in [7, 11) is -4.03. The van der Waals surface area contributed by atoms with Gasteiger partial charge in [0.05, 0.1) is 6.16 Å². The monoisotopic (exact) mass is 432 g/mol. The fourth-order valence-electron chi connectivity index (χ4n) is 3.25. The lowest BCUT2D eigenvalue weighted by atomic mass is 10.0. The van der Waals surface area contributed by atoms with Crippen LogP contribution in [0.5, 0.6) is 0 Å². The van der Waals surface area contributed by atoms with Crippen molar-refractivity contribution < 1.29 is 24.2 Å². The van der Waals surface area contributed by atoms with Gasteiger partial charge in [0.1, 0.15) is 12.1 Å². The molecule has 8 heteroatoms. The molecular formula is C22H29N2O5P. The van der Waals surface area contributed by atoms with Gasteiger partial charge < -0.3 is 15.3 Å². The van der Waals surface area contributed by atoms with Crippen molar-refractivity contribution >= 4 is 25.1 Å². The first-order valence-corrected chi connectivity index (χ1v) is 11.6. The fraction of sp³-hybridized carbons (Fsp3) is 0.364. The number of hydrogen-bond donors (Lipinski definition) is 3. The smallest absolute Gasteiger partial charge is 0.326 e. The van der Waals surface area contributed by atoms with Crippen molar-refractivity contribution in [3.63, 3.8) is 0 Å². The van der Waals surface area contributed by atoms with Crippen molar-refractivity contribution in [2.75, 3.05) is 4.67 Å². The van der Waals surface area contributed by atoms with E-state index in [2.05, 4.69) is 5.32 Å². The number of carboxylic acids is 1. The Morgan fingerprint density at radius 2 is 1.53 bits per heavy atom. The molecule has 0 fully saturated rings. The number of nitrogens with zero attached hydrogens (tertiary/aromatic N) is 1. The van der Waals surface area contributed by atoms with Gasteiger partial charge in [0.2, 0.25) is 5.91 Å². The van der Waals surface area contributed by atoms with Gasteiger partial charge in [-0.2, -0.15) is 0 Å². The van der Waals surface area contributed by atoms with Crippen molar-refractivity contribution in [1.29, 1.82) is 0 Å². The SMILES string of the molecule is CC(C)C[C@H](NC(=O)[C@H](C)N(c1ccccc1)P(=O)(O)Cc1ccccc1)C(=O)O. The molecule has 0 bridgehead atoms. The summed E-state index contributed by atoms with van der Waals surface area (Å²) in [6.45, 7) is 5.23. The number of nitrogens with one attached hydrogen (secondary N) is 1. The molecule has 1 unspecified atom stereocenters. The summed E-state index contributed by atoms with van der Waals surface area (Å²) in [5.74, 6) is -1.69. The summed E-state index contributed by atoms with van der Waals surface area (Å²) in [5, 5.41) is 12.0. The molecule has 0 saturated carbocycles. The van der Waals surface area contributed by atoms with Gasteiger partial charge in [0, 0.05) is 5.69 Å². The Balaban J connectivity index is 2.33. The third-order valence-electron chi connectivity index (χ3n) is 4.66. The van der Waals surface area contributed by atoms with E-state index in [4.69, 9.17) is 0 Å². The zero-order chi connectivity index (χ0) is 22.3. The van der Waals surface area contributed by atoms with E-state index in [1.54, 1.807) is 54.6 Å². The first-order chi connectivity index (χ1) is 14.1. The minimum atomic E-state index is -4.03. The maximum atomic E-state index is 13.4. The quantitative estimate of drug-likeness (QED) is 0.492. The van der Waals surface area contributed by atoms with Crippen LogP contribution in [0.1, 0.15) is 32.8 Å². The van der Waals surface area contributed by atoms with Crippen LogP contribution in [0.15, 0.2) is 60.7 Å². The molecule has 0 saturated heterocycles. The highest BCUT2D eigenvalue weighted by Gasteiger charge is 2.37. The van der Waals surface area contributed by atoms with E-state index >= 15 is 0 Å². The average molecular weight is 432 g/mol. The molecule has 0 spiro atoms. The Bertz CT molecular complexity index is 889. The van der Waals surface area contributed by atoms with Gasteiger partial charge in [-0.15, -0.1) is 0 Å². The number of hydrogen-bond acceptors (Lipinski definition) is 3. The third kappa shape index (κ3) is 6.44. The topological polar surface area (TPSA) is 107 Å². The molecule has 3 N–H and O–H groups in total. The molecule has 0 aliphatic heterocycles. The van der Waals surface area contributed by atoms with E-state index < -0.39 is 31.5 Å². The van der Waals surface area contributed by atoms with Crippen LogP contribution in [0, 0.1) is 5.92 Å². The Morgan fingerprint density at radius 3 is 2.03 bits per heavy atom. The van der Waals surface area contributed by atoms with Crippen LogP contribution in [0.2, 0.25) is 0 Å². The fourth-order valence-corrected chi connectivity index (χ4v) is 5.23. The van der Waals surface area contributed by atoms with E-state index in [1.165, 1.54) is 11.6 Å². The summed E-state index contributed by atoms with van der Waals surface area (Å²) >= 11 is 0. The minimum Gasteiger partial charge on any atom is -0.480 e. The van der Waals surface area contributed by atoms with Crippen molar-refractivity contribution in [2.45, 2.75) is 45.4 Å². The van der Waals surface area contributed by atoms with Crippen LogP contribution in [-0.4, -0.2) is 34.0 Å². The molecule has 7 nitrogen and oxygen atoms in total. The van der Waals surface area contributed by atoms with Crippen molar-refractivity contribution in [3.8, 4) is 0 Å². The molecule has 0 aromatic heterocycles. The molecule has 30 heavy (non-hydrogen) atoms. The molecule has 0 radical (unpaired) electrons. The predicted octanol–water partition coefficient (Wildman–Crippen LogP) is 3.88. The number of anilines is 1. The molecular weight excluding hydrogens is 403 g/mol. The van der Waals surface area contributed by atoms with Gasteiger partial charge >= 0.3 is 5.97 Å². The number of carboxylic acid groups (broad SMARTS) is 1. The highest BCUT2D eigenvalue weighted by Crippen LogP contribution is 2.52. The molecule has 0 aliphatic carbocycles. The number of benzene rings is 2. The maximum absolute atomic E-state index is 13.4. The molecule has 2 rings (SSSR count). The number of carbonyl (C=O) groups excluding carboxylic acids is 1. The van der Waals surface area contributed by atoms with Gasteiger partial charge in [-0.05, 0) is 37.0 Å². The van der Waals surface area contributed by atoms with E-state index in [9.17, 15) is 24.2 Å². The van der Waals surface area contributed by atoms with E-state index in [0.29, 0.717) is 11.3 Å². The average Bonchev–Trinajstić information content (AvgIpc) is 2.68. The standard InChI is InChI=1S/C22H29N2O5P/c1-16(2)14-20(22(26)27)23-21(25)17(3)24(19-12-8-5-9-13-19)30(28,29)15-18-10-6-4-7-11-18/h4-13,16-17,20H,14-15H2,1-3H3,(H,23,25)(H,26,27)(H,28,29)/t17-,20-/m0/s1. The van der Waals surface area contributed by atoms with Crippen LogP contribution < -0.4 is 9.99 Å². The van der Waals surface area contributed by atoms with Crippen molar-refractivity contribution in [3.05, 3.63) is 66.2 Å². The first kappa shape index (κ1) is 23.6. The van der Waals surface area contributed by atoms with Gasteiger partial charge in [0.15, 0.2) is 0 Å². The number of para-hydroxylation sites is 1. The summed E-state index contributed by atoms with van der Waals surface area (Å²) in [6, 6.07) is 15.3. The molecule has 2 aromatic carbocycles. The van der Waals surface area contributed by atoms with Gasteiger partial charge in [-0.25, -0.2) is 4.79 Å². The number of aliphatic carboxylic acids is 1. The highest BCUT2D eigenvalue weighted by molar-refractivity contribution is 7.59. The lowest BCUT2D eigenvalue weighted by Crippen LogP contribution is -2.50. The number of amides is 1. The Hall–Kier alpha value is -2.63. The highest BCUT2D eigenvalue weighted by atomic mass is 31.2. The second kappa shape index (κ2) is 10.4. The van der Waals surface area contributed by atoms with E-state index in [1.807, 2.05) is 19.9 Å². The Morgan fingerprint density at radius 1 is 1.00 bits per heavy atom. The second-order valence-electron chi connectivity index (χ2n) is 7.69. The number of carbonyl (C=O) groups is 2. The molecule has 3 atom stereocenters. The first-order valence-electron chi connectivity index (χ1n) is 9.85. The third-order valence-corrected chi connectivity index (χ3v) is 6.68. The van der Waals surface area contributed by atoms with Crippen molar-refractivity contribution in [2.24, 2.45) is 5.92 Å². The summed E-state index contributed by atoms with van der Waals surface area (Å²) in [4.78, 5) is 35.4. The van der Waals surface area contributed by atoms with Gasteiger partial charge in [-0.1, -0.05) is 62.4 Å². The zero-order valence-corrected chi connectivity index (χ0v) is 18.3. The van der Waals surface area contributed by atoms with Crippen LogP contribution in [0.3, 0.4) is 0 Å². The van der Waals surface area contributed by atoms with E-state index in [0.717, 1.165) is 0 Å². The predicted molar refractivity (Wildman–Crippen MR) is 117 cm³/mol. The minimum absolute atomic E-state index is 0.0638. The van der Waals surface area contributed by atoms with Gasteiger partial charge in [0.25, 0.3) is 7.52 Å². The molecule has 0 aliphatic rings. The van der Waals surface area contributed by atoms with Crippen LogP contribution in [0.4, 0.5) is 5.69 Å². The van der Waals surface area contributed by atoms with Crippen LogP contribution >= 0.6 is 7.52 Å². The largest absolute Gasteiger partial charge is 0.480 e. The van der Waals surface area contributed by atoms with Crippen molar-refractivity contribution in [1.82, 2.24) is 5.32 Å². The second-order valence-corrected chi connectivity index (χ2v) is 9.77. The van der Waals surface area contributed by atoms with Crippen LogP contribution in [0.25, 0.3) is 0 Å². The Labute approximate surface area is 177 Å². The van der Waals surface area contributed by atoms with E-state index in [-0.39, 0.29) is 18.5 Å². The summed E-state index contributed by atoms with van der Waals surface area (Å²) in [5.41, 5.74) is 1.08. The molecule has 1 amide bonds. The number of rotatable bonds is 10. The summed E-state index contributed by atoms with van der Waals surface area (Å²) in [6.07, 6.45) is 0.120.